The van der Waals surface area contributed by atoms with E-state index in [1.165, 1.54) is 7.05 Å². The molecule has 1 atom stereocenters. The van der Waals surface area contributed by atoms with Crippen molar-refractivity contribution in [3.63, 3.8) is 0 Å². The maximum atomic E-state index is 14.6. The Morgan fingerprint density at radius 2 is 1.65 bits per heavy atom. The second kappa shape index (κ2) is 12.9. The Labute approximate surface area is 243 Å². The van der Waals surface area contributed by atoms with Gasteiger partial charge in [-0.05, 0) is 54.4 Å². The first-order valence-electron chi connectivity index (χ1n) is 12.5. The number of benzene rings is 3. The molecule has 1 heterocycles. The van der Waals surface area contributed by atoms with E-state index in [0.717, 1.165) is 32.6 Å². The number of nitrogens with one attached hydrogen (secondary N) is 1. The number of ether oxygens (including phenoxy) is 1. The third-order valence-corrected chi connectivity index (χ3v) is 7.56. The highest BCUT2D eigenvalue weighted by atomic mass is 32.2. The molecule has 0 radical (unpaired) electrons. The predicted octanol–water partition coefficient (Wildman–Crippen LogP) is 6.23. The molecule has 0 bridgehead atoms. The Balaban J connectivity index is 1.74. The molecule has 1 N–H and O–H groups in total. The maximum absolute atomic E-state index is 14.6. The van der Waals surface area contributed by atoms with Crippen LogP contribution in [0.5, 0.6) is 0 Å². The van der Waals surface area contributed by atoms with Crippen LogP contribution in [0.15, 0.2) is 70.3 Å². The summed E-state index contributed by atoms with van der Waals surface area (Å²) >= 11 is 0.628. The second-order valence-corrected chi connectivity index (χ2v) is 10.5. The number of halogens is 8. The van der Waals surface area contributed by atoms with Crippen molar-refractivity contribution >= 4 is 22.9 Å². The first-order chi connectivity index (χ1) is 20.1. The molecule has 3 aromatic carbocycles. The summed E-state index contributed by atoms with van der Waals surface area (Å²) in [7, 11) is 1.20. The number of aromatic nitrogens is 2. The normalized spacial score (nSPS) is 13.2. The van der Waals surface area contributed by atoms with Gasteiger partial charge in [-0.3, -0.25) is 14.7 Å². The molecule has 0 aliphatic carbocycles. The minimum atomic E-state index is -5.08. The molecule has 4 rings (SSSR count). The largest absolute Gasteiger partial charge is 0.417 e. The van der Waals surface area contributed by atoms with E-state index in [4.69, 9.17) is 4.74 Å². The standard InChI is InChI=1S/C28H23F8N3O3S/c1-38(15-27(31,32)33)18(13-42-12-16-5-3-2-4-6-16)14-43-39-24-11-20(19-8-7-17(29)9-23(19)30)22(28(34,35)36)10-21(24)25(40)37-26(39)41/h2-11,18H,12-15H2,1H3,(H,37,40,41). The number of fused-ring (bicyclic) bond motifs is 1. The molecule has 0 aliphatic heterocycles. The summed E-state index contributed by atoms with van der Waals surface area (Å²) in [5, 5.41) is -0.578. The average Bonchev–Trinajstić information content (AvgIpc) is 2.90. The fourth-order valence-corrected chi connectivity index (χ4v) is 5.44. The summed E-state index contributed by atoms with van der Waals surface area (Å²) in [6.45, 7) is -1.46. The van der Waals surface area contributed by atoms with Gasteiger partial charge in [-0.15, -0.1) is 0 Å². The average molecular weight is 634 g/mol. The minimum absolute atomic E-state index is 0.0796. The van der Waals surface area contributed by atoms with Crippen LogP contribution in [-0.4, -0.2) is 52.0 Å². The van der Waals surface area contributed by atoms with Gasteiger partial charge in [0.15, 0.2) is 0 Å². The van der Waals surface area contributed by atoms with Crippen LogP contribution in [0, 0.1) is 11.6 Å². The summed E-state index contributed by atoms with van der Waals surface area (Å²) in [6.07, 6.45) is -9.65. The molecule has 0 saturated carbocycles. The summed E-state index contributed by atoms with van der Waals surface area (Å²) in [6, 6.07) is 11.0. The van der Waals surface area contributed by atoms with E-state index in [1.807, 2.05) is 4.98 Å². The smallest absolute Gasteiger partial charge is 0.375 e. The molecule has 1 unspecified atom stereocenters. The lowest BCUT2D eigenvalue weighted by Gasteiger charge is -2.28. The van der Waals surface area contributed by atoms with Crippen molar-refractivity contribution in [2.24, 2.45) is 0 Å². The molecule has 43 heavy (non-hydrogen) atoms. The van der Waals surface area contributed by atoms with Crippen LogP contribution in [0.2, 0.25) is 0 Å². The number of likely N-dealkylation sites (N-methyl/N-ethyl adjacent to an activating group) is 1. The van der Waals surface area contributed by atoms with Gasteiger partial charge in [0.25, 0.3) is 5.56 Å². The third kappa shape index (κ3) is 8.03. The Kier molecular flexibility index (Phi) is 9.66. The molecule has 0 fully saturated rings. The first kappa shape index (κ1) is 32.2. The second-order valence-electron chi connectivity index (χ2n) is 9.57. The van der Waals surface area contributed by atoms with Crippen molar-refractivity contribution in [2.75, 3.05) is 26.0 Å². The minimum Gasteiger partial charge on any atom is -0.375 e. The van der Waals surface area contributed by atoms with Gasteiger partial charge in [0.1, 0.15) is 11.6 Å². The van der Waals surface area contributed by atoms with Crippen LogP contribution in [-0.2, 0) is 17.5 Å². The molecule has 1 aromatic heterocycles. The highest BCUT2D eigenvalue weighted by molar-refractivity contribution is 7.98. The number of rotatable bonds is 10. The van der Waals surface area contributed by atoms with Crippen LogP contribution in [0.3, 0.4) is 0 Å². The van der Waals surface area contributed by atoms with E-state index in [1.54, 1.807) is 30.3 Å². The predicted molar refractivity (Wildman–Crippen MR) is 146 cm³/mol. The highest BCUT2D eigenvalue weighted by Crippen LogP contribution is 2.40. The number of H-pyrrole nitrogens is 1. The fourth-order valence-electron chi connectivity index (χ4n) is 4.32. The van der Waals surface area contributed by atoms with E-state index in [2.05, 4.69) is 0 Å². The molecule has 15 heteroatoms. The van der Waals surface area contributed by atoms with E-state index < -0.39 is 69.9 Å². The lowest BCUT2D eigenvalue weighted by molar-refractivity contribution is -0.148. The van der Waals surface area contributed by atoms with Gasteiger partial charge < -0.3 is 4.74 Å². The van der Waals surface area contributed by atoms with Gasteiger partial charge in [0.05, 0.1) is 36.2 Å². The van der Waals surface area contributed by atoms with Gasteiger partial charge in [-0.25, -0.2) is 17.5 Å². The summed E-state index contributed by atoms with van der Waals surface area (Å²) in [4.78, 5) is 28.2. The summed E-state index contributed by atoms with van der Waals surface area (Å²) in [5.74, 6) is -2.59. The third-order valence-electron chi connectivity index (χ3n) is 6.40. The molecule has 6 nitrogen and oxygen atoms in total. The Hall–Kier alpha value is -3.69. The van der Waals surface area contributed by atoms with Gasteiger partial charge >= 0.3 is 18.0 Å². The van der Waals surface area contributed by atoms with E-state index in [-0.39, 0.29) is 24.5 Å². The summed E-state index contributed by atoms with van der Waals surface area (Å²) in [5.41, 5.74) is -4.65. The van der Waals surface area contributed by atoms with Crippen molar-refractivity contribution in [1.29, 1.82) is 0 Å². The Morgan fingerprint density at radius 3 is 2.28 bits per heavy atom. The quantitative estimate of drug-likeness (QED) is 0.210. The first-order valence-corrected chi connectivity index (χ1v) is 13.5. The van der Waals surface area contributed by atoms with Gasteiger partial charge in [-0.1, -0.05) is 30.3 Å². The van der Waals surface area contributed by atoms with E-state index in [9.17, 15) is 44.7 Å². The number of aromatic amines is 1. The van der Waals surface area contributed by atoms with Gasteiger partial charge in [0, 0.05) is 23.4 Å². The van der Waals surface area contributed by atoms with Crippen LogP contribution in [0.4, 0.5) is 35.1 Å². The molecular formula is C28H23F8N3O3S. The SMILES string of the molecule is CN(CC(F)(F)F)C(COCc1ccccc1)CSn1c(=O)[nH]c(=O)c2cc(C(F)(F)F)c(-c3ccc(F)cc3F)cc21. The van der Waals surface area contributed by atoms with Crippen molar-refractivity contribution in [3.05, 3.63) is 104 Å². The van der Waals surface area contributed by atoms with E-state index in [0.29, 0.717) is 24.1 Å². The molecule has 4 aromatic rings. The maximum Gasteiger partial charge on any atom is 0.417 e. The fraction of sp³-hybridized carbons (Fsp3) is 0.286. The van der Waals surface area contributed by atoms with Crippen molar-refractivity contribution in [3.8, 4) is 11.1 Å². The Morgan fingerprint density at radius 1 is 0.953 bits per heavy atom. The monoisotopic (exact) mass is 633 g/mol. The zero-order valence-corrected chi connectivity index (χ0v) is 23.0. The molecule has 0 spiro atoms. The van der Waals surface area contributed by atoms with E-state index >= 15 is 0 Å². The zero-order valence-electron chi connectivity index (χ0n) is 22.2. The molecule has 230 valence electrons. The molecule has 0 aliphatic rings. The molecule has 0 saturated heterocycles. The lowest BCUT2D eigenvalue weighted by atomic mass is 9.96. The van der Waals surface area contributed by atoms with Crippen molar-refractivity contribution < 1.29 is 39.9 Å². The van der Waals surface area contributed by atoms with Crippen LogP contribution >= 0.6 is 11.9 Å². The lowest BCUT2D eigenvalue weighted by Crippen LogP contribution is -2.43. The van der Waals surface area contributed by atoms with Crippen LogP contribution in [0.1, 0.15) is 11.1 Å². The zero-order chi connectivity index (χ0) is 31.5. The number of hydrogen-bond acceptors (Lipinski definition) is 5. The van der Waals surface area contributed by atoms with Crippen LogP contribution in [0.25, 0.3) is 22.0 Å². The van der Waals surface area contributed by atoms with Crippen molar-refractivity contribution in [2.45, 2.75) is 25.0 Å². The molecule has 0 amide bonds. The van der Waals surface area contributed by atoms with Gasteiger partial charge in [0.2, 0.25) is 0 Å². The highest BCUT2D eigenvalue weighted by Gasteiger charge is 2.36. The molecular weight excluding hydrogens is 610 g/mol. The number of hydrogen-bond donors (Lipinski definition) is 1. The van der Waals surface area contributed by atoms with Crippen LogP contribution < -0.4 is 11.2 Å². The van der Waals surface area contributed by atoms with Crippen molar-refractivity contribution in [1.82, 2.24) is 13.9 Å². The number of nitrogens with zero attached hydrogens (tertiary/aromatic N) is 2. The summed E-state index contributed by atoms with van der Waals surface area (Å²) < 4.78 is 116. The Bertz CT molecular complexity index is 1700. The topological polar surface area (TPSA) is 67.3 Å². The van der Waals surface area contributed by atoms with Gasteiger partial charge in [-0.2, -0.15) is 26.3 Å². The number of alkyl halides is 6.